The topological polar surface area (TPSA) is 85.3 Å². The number of aromatic nitrogens is 2. The van der Waals surface area contributed by atoms with Crippen molar-refractivity contribution >= 4 is 23.2 Å². The molecule has 0 saturated heterocycles. The summed E-state index contributed by atoms with van der Waals surface area (Å²) in [5, 5.41) is 9.70. The predicted molar refractivity (Wildman–Crippen MR) is 105 cm³/mol. The highest BCUT2D eigenvalue weighted by atomic mass is 16.5. The van der Waals surface area contributed by atoms with Gasteiger partial charge in [0.05, 0.1) is 24.1 Å². The normalized spacial score (nSPS) is 18.0. The van der Waals surface area contributed by atoms with Gasteiger partial charge in [0, 0.05) is 6.20 Å². The van der Waals surface area contributed by atoms with Crippen LogP contribution in [0, 0.1) is 6.92 Å². The number of ether oxygens (including phenoxy) is 1. The maximum absolute atomic E-state index is 12.8. The van der Waals surface area contributed by atoms with Crippen LogP contribution in [0.15, 0.2) is 60.9 Å². The number of benzene rings is 2. The Morgan fingerprint density at radius 3 is 2.75 bits per heavy atom. The summed E-state index contributed by atoms with van der Waals surface area (Å²) < 4.78 is 7.45. The lowest BCUT2D eigenvalue weighted by Crippen LogP contribution is -2.56. The van der Waals surface area contributed by atoms with Crippen LogP contribution < -0.4 is 15.4 Å². The molecule has 7 nitrogen and oxygen atoms in total. The lowest BCUT2D eigenvalue weighted by Gasteiger charge is -2.33. The summed E-state index contributed by atoms with van der Waals surface area (Å²) in [6, 6.07) is 15.2. The van der Waals surface area contributed by atoms with Crippen LogP contribution in [-0.2, 0) is 16.1 Å². The highest BCUT2D eigenvalue weighted by molar-refractivity contribution is 6.18. The van der Waals surface area contributed by atoms with Crippen molar-refractivity contribution in [3.8, 4) is 5.75 Å². The van der Waals surface area contributed by atoms with Crippen molar-refractivity contribution in [1.29, 1.82) is 0 Å². The van der Waals surface area contributed by atoms with Crippen LogP contribution in [-0.4, -0.2) is 27.2 Å². The number of para-hydroxylation sites is 2. The van der Waals surface area contributed by atoms with Gasteiger partial charge in [0.2, 0.25) is 0 Å². The molecule has 0 aliphatic carbocycles. The van der Waals surface area contributed by atoms with E-state index in [4.69, 9.17) is 4.74 Å². The number of nitrogens with zero attached hydrogens (tertiary/aromatic N) is 2. The molecule has 1 unspecified atom stereocenters. The Kier molecular flexibility index (Phi) is 4.35. The summed E-state index contributed by atoms with van der Waals surface area (Å²) >= 11 is 0. The predicted octanol–water partition coefficient (Wildman–Crippen LogP) is 2.97. The number of rotatable bonds is 4. The Hall–Kier alpha value is -3.61. The second-order valence-electron chi connectivity index (χ2n) is 6.95. The second kappa shape index (κ2) is 6.84. The maximum Gasteiger partial charge on any atom is 0.278 e. The Morgan fingerprint density at radius 2 is 1.96 bits per heavy atom. The zero-order valence-electron chi connectivity index (χ0n) is 15.6. The number of carbonyl (C=O) groups excluding carboxylic acids is 2. The average Bonchev–Trinajstić information content (AvgIpc) is 3.11. The highest BCUT2D eigenvalue weighted by Gasteiger charge is 2.47. The fourth-order valence-corrected chi connectivity index (χ4v) is 2.96. The van der Waals surface area contributed by atoms with Gasteiger partial charge in [-0.25, -0.2) is 0 Å². The maximum atomic E-state index is 12.8. The molecular formula is C21H20N4O3. The average molecular weight is 376 g/mol. The molecule has 2 heterocycles. The van der Waals surface area contributed by atoms with Crippen molar-refractivity contribution in [3.05, 3.63) is 72.1 Å². The van der Waals surface area contributed by atoms with E-state index < -0.39 is 17.4 Å². The minimum atomic E-state index is -1.67. The number of hydrogen-bond acceptors (Lipinski definition) is 4. The van der Waals surface area contributed by atoms with E-state index in [1.54, 1.807) is 41.3 Å². The number of aryl methyl sites for hydroxylation is 1. The molecule has 142 valence electrons. The van der Waals surface area contributed by atoms with Gasteiger partial charge >= 0.3 is 0 Å². The molecule has 0 bridgehead atoms. The zero-order valence-corrected chi connectivity index (χ0v) is 15.6. The SMILES string of the molecule is Cc1ccc(Cn2cc(NC(=O)C3(C)Oc4ccccc4NC3=O)cn2)cc1. The van der Waals surface area contributed by atoms with E-state index in [1.807, 2.05) is 31.2 Å². The van der Waals surface area contributed by atoms with E-state index in [0.717, 1.165) is 5.56 Å². The summed E-state index contributed by atoms with van der Waals surface area (Å²) in [5.74, 6) is -0.625. The van der Waals surface area contributed by atoms with E-state index in [9.17, 15) is 9.59 Å². The summed E-state index contributed by atoms with van der Waals surface area (Å²) in [6.07, 6.45) is 3.26. The number of amides is 2. The van der Waals surface area contributed by atoms with Gasteiger partial charge in [0.15, 0.2) is 0 Å². The van der Waals surface area contributed by atoms with Crippen molar-refractivity contribution in [2.24, 2.45) is 0 Å². The molecule has 2 aromatic carbocycles. The number of nitrogens with one attached hydrogen (secondary N) is 2. The van der Waals surface area contributed by atoms with Gasteiger partial charge in [-0.15, -0.1) is 0 Å². The van der Waals surface area contributed by atoms with Crippen LogP contribution in [0.25, 0.3) is 0 Å². The van der Waals surface area contributed by atoms with Crippen molar-refractivity contribution in [2.45, 2.75) is 26.0 Å². The molecule has 2 amide bonds. The van der Waals surface area contributed by atoms with Gasteiger partial charge in [0.25, 0.3) is 17.4 Å². The van der Waals surface area contributed by atoms with E-state index in [0.29, 0.717) is 23.7 Å². The molecule has 1 aromatic heterocycles. The first-order valence-electron chi connectivity index (χ1n) is 8.93. The third kappa shape index (κ3) is 3.34. The Balaban J connectivity index is 1.47. The second-order valence-corrected chi connectivity index (χ2v) is 6.95. The van der Waals surface area contributed by atoms with Crippen molar-refractivity contribution in [1.82, 2.24) is 9.78 Å². The van der Waals surface area contributed by atoms with E-state index >= 15 is 0 Å². The summed E-state index contributed by atoms with van der Waals surface area (Å²) in [5.41, 5.74) is 1.66. The molecule has 0 saturated carbocycles. The smallest absolute Gasteiger partial charge is 0.278 e. The first-order chi connectivity index (χ1) is 13.4. The standard InChI is InChI=1S/C21H20N4O3/c1-14-7-9-15(10-8-14)12-25-13-16(11-22-25)23-19(26)21(2)20(27)24-17-5-3-4-6-18(17)28-21/h3-11,13H,12H2,1-2H3,(H,23,26)(H,24,27). The number of fused-ring (bicyclic) bond motifs is 1. The minimum absolute atomic E-state index is 0.454. The van der Waals surface area contributed by atoms with E-state index in [2.05, 4.69) is 15.7 Å². The van der Waals surface area contributed by atoms with Crippen molar-refractivity contribution in [3.63, 3.8) is 0 Å². The monoisotopic (exact) mass is 376 g/mol. The third-order valence-electron chi connectivity index (χ3n) is 4.67. The lowest BCUT2D eigenvalue weighted by molar-refractivity contribution is -0.143. The number of anilines is 2. The zero-order chi connectivity index (χ0) is 19.7. The molecular weight excluding hydrogens is 356 g/mol. The molecule has 2 N–H and O–H groups in total. The van der Waals surface area contributed by atoms with Crippen LogP contribution in [0.1, 0.15) is 18.1 Å². The van der Waals surface area contributed by atoms with Crippen LogP contribution in [0.5, 0.6) is 5.75 Å². The number of hydrogen-bond donors (Lipinski definition) is 2. The van der Waals surface area contributed by atoms with Gasteiger partial charge in [-0.05, 0) is 31.5 Å². The van der Waals surface area contributed by atoms with Gasteiger partial charge in [-0.2, -0.15) is 5.10 Å². The molecule has 0 spiro atoms. The molecule has 1 atom stereocenters. The van der Waals surface area contributed by atoms with Crippen molar-refractivity contribution in [2.75, 3.05) is 10.6 Å². The molecule has 0 fully saturated rings. The molecule has 28 heavy (non-hydrogen) atoms. The minimum Gasteiger partial charge on any atom is -0.466 e. The Bertz CT molecular complexity index is 1040. The molecule has 3 aromatic rings. The molecule has 4 rings (SSSR count). The summed E-state index contributed by atoms with van der Waals surface area (Å²) in [4.78, 5) is 25.2. The fourth-order valence-electron chi connectivity index (χ4n) is 2.96. The summed E-state index contributed by atoms with van der Waals surface area (Å²) in [6.45, 7) is 4.07. The van der Waals surface area contributed by atoms with Crippen LogP contribution >= 0.6 is 0 Å². The van der Waals surface area contributed by atoms with Gasteiger partial charge in [-0.1, -0.05) is 42.0 Å². The molecule has 7 heteroatoms. The quantitative estimate of drug-likeness (QED) is 0.686. The van der Waals surface area contributed by atoms with Gasteiger partial charge in [-0.3, -0.25) is 14.3 Å². The summed E-state index contributed by atoms with van der Waals surface area (Å²) in [7, 11) is 0. The first-order valence-corrected chi connectivity index (χ1v) is 8.93. The fraction of sp³-hybridized carbons (Fsp3) is 0.190. The highest BCUT2D eigenvalue weighted by Crippen LogP contribution is 2.33. The van der Waals surface area contributed by atoms with Crippen LogP contribution in [0.2, 0.25) is 0 Å². The third-order valence-corrected chi connectivity index (χ3v) is 4.67. The van der Waals surface area contributed by atoms with E-state index in [-0.39, 0.29) is 0 Å². The van der Waals surface area contributed by atoms with Crippen LogP contribution in [0.4, 0.5) is 11.4 Å². The van der Waals surface area contributed by atoms with Crippen LogP contribution in [0.3, 0.4) is 0 Å². The molecule has 1 aliphatic heterocycles. The van der Waals surface area contributed by atoms with Crippen molar-refractivity contribution < 1.29 is 14.3 Å². The largest absolute Gasteiger partial charge is 0.466 e. The lowest BCUT2D eigenvalue weighted by atomic mass is 10.0. The van der Waals surface area contributed by atoms with Gasteiger partial charge < -0.3 is 15.4 Å². The Labute approximate surface area is 162 Å². The Morgan fingerprint density at radius 1 is 1.21 bits per heavy atom. The first kappa shape index (κ1) is 17.8. The van der Waals surface area contributed by atoms with E-state index in [1.165, 1.54) is 12.5 Å². The van der Waals surface area contributed by atoms with Gasteiger partial charge in [0.1, 0.15) is 5.75 Å². The molecule has 0 radical (unpaired) electrons. The molecule has 1 aliphatic rings. The number of carbonyl (C=O) groups is 2.